The minimum absolute atomic E-state index is 0.429. The van der Waals surface area contributed by atoms with Crippen molar-refractivity contribution >= 4 is 21.4 Å². The zero-order valence-corrected chi connectivity index (χ0v) is 12.9. The second-order valence-electron chi connectivity index (χ2n) is 5.06. The minimum atomic E-state index is -3.31. The van der Waals surface area contributed by atoms with E-state index >= 15 is 0 Å². The lowest BCUT2D eigenvalue weighted by Gasteiger charge is -2.09. The van der Waals surface area contributed by atoms with Gasteiger partial charge >= 0.3 is 0 Å². The highest BCUT2D eigenvalue weighted by atomic mass is 32.2. The largest absolute Gasteiger partial charge is 0.313 e. The Kier molecular flexibility index (Phi) is 5.38. The maximum atomic E-state index is 12.2. The van der Waals surface area contributed by atoms with Crippen LogP contribution in [0.25, 0.3) is 0 Å². The van der Waals surface area contributed by atoms with Gasteiger partial charge in [0, 0.05) is 13.1 Å². The fourth-order valence-electron chi connectivity index (χ4n) is 2.37. The van der Waals surface area contributed by atoms with Crippen LogP contribution >= 0.6 is 11.3 Å². The van der Waals surface area contributed by atoms with Gasteiger partial charge in [-0.05, 0) is 42.3 Å². The van der Waals surface area contributed by atoms with Crippen LogP contribution in [0.5, 0.6) is 0 Å². The van der Waals surface area contributed by atoms with E-state index in [-0.39, 0.29) is 0 Å². The first-order chi connectivity index (χ1) is 9.12. The minimum Gasteiger partial charge on any atom is -0.313 e. The molecule has 1 saturated carbocycles. The molecule has 0 atom stereocenters. The van der Waals surface area contributed by atoms with E-state index in [0.717, 1.165) is 31.5 Å². The Bertz CT molecular complexity index is 490. The summed E-state index contributed by atoms with van der Waals surface area (Å²) in [6.45, 7) is 4.24. The lowest BCUT2D eigenvalue weighted by molar-refractivity contribution is 0.520. The zero-order chi connectivity index (χ0) is 13.7. The summed E-state index contributed by atoms with van der Waals surface area (Å²) < 4.78 is 27.5. The van der Waals surface area contributed by atoms with Crippen LogP contribution in [0.15, 0.2) is 15.7 Å². The lowest BCUT2D eigenvalue weighted by Crippen LogP contribution is -2.27. The van der Waals surface area contributed by atoms with Crippen LogP contribution in [0.1, 0.15) is 38.2 Å². The van der Waals surface area contributed by atoms with Crippen LogP contribution < -0.4 is 10.0 Å². The highest BCUT2D eigenvalue weighted by Gasteiger charge is 2.20. The average Bonchev–Trinajstić information content (AvgIpc) is 3.05. The second-order valence-corrected chi connectivity index (χ2v) is 7.96. The van der Waals surface area contributed by atoms with E-state index in [9.17, 15) is 8.42 Å². The van der Waals surface area contributed by atoms with E-state index in [1.54, 1.807) is 6.07 Å². The molecule has 1 fully saturated rings. The van der Waals surface area contributed by atoms with Crippen LogP contribution in [0.4, 0.5) is 0 Å². The van der Waals surface area contributed by atoms with Gasteiger partial charge in [-0.2, -0.15) is 0 Å². The maximum Gasteiger partial charge on any atom is 0.250 e. The molecule has 6 heteroatoms. The van der Waals surface area contributed by atoms with Crippen molar-refractivity contribution in [1.82, 2.24) is 10.0 Å². The smallest absolute Gasteiger partial charge is 0.250 e. The quantitative estimate of drug-likeness (QED) is 0.813. The van der Waals surface area contributed by atoms with Crippen molar-refractivity contribution in [2.45, 2.75) is 43.4 Å². The molecule has 108 valence electrons. The molecular weight excluding hydrogens is 280 g/mol. The van der Waals surface area contributed by atoms with Crippen LogP contribution in [0.2, 0.25) is 0 Å². The molecule has 0 aliphatic heterocycles. The number of rotatable bonds is 7. The Hall–Kier alpha value is -0.430. The third kappa shape index (κ3) is 4.27. The number of sulfonamides is 1. The fraction of sp³-hybridized carbons (Fsp3) is 0.692. The summed E-state index contributed by atoms with van der Waals surface area (Å²) in [5, 5.41) is 5.11. The topological polar surface area (TPSA) is 58.2 Å². The Morgan fingerprint density at radius 3 is 2.79 bits per heavy atom. The van der Waals surface area contributed by atoms with Crippen LogP contribution in [0, 0.1) is 5.92 Å². The summed E-state index contributed by atoms with van der Waals surface area (Å²) in [6, 6.07) is 1.77. The molecule has 1 aromatic rings. The average molecular weight is 302 g/mol. The molecule has 0 saturated heterocycles. The molecule has 0 spiro atoms. The second kappa shape index (κ2) is 6.83. The van der Waals surface area contributed by atoms with Crippen molar-refractivity contribution < 1.29 is 8.42 Å². The molecule has 1 aromatic heterocycles. The first kappa shape index (κ1) is 15.0. The monoisotopic (exact) mass is 302 g/mol. The van der Waals surface area contributed by atoms with Gasteiger partial charge in [-0.3, -0.25) is 0 Å². The Morgan fingerprint density at radius 1 is 1.37 bits per heavy atom. The molecule has 0 unspecified atom stereocenters. The molecule has 0 amide bonds. The van der Waals surface area contributed by atoms with Gasteiger partial charge in [-0.1, -0.05) is 19.8 Å². The zero-order valence-electron chi connectivity index (χ0n) is 11.3. The van der Waals surface area contributed by atoms with E-state index in [4.69, 9.17) is 0 Å². The summed E-state index contributed by atoms with van der Waals surface area (Å²) in [5.74, 6) is 0.524. The van der Waals surface area contributed by atoms with E-state index in [1.165, 1.54) is 24.2 Å². The summed E-state index contributed by atoms with van der Waals surface area (Å²) in [6.07, 6.45) is 4.77. The van der Waals surface area contributed by atoms with Gasteiger partial charge in [-0.25, -0.2) is 13.1 Å². The van der Waals surface area contributed by atoms with Gasteiger partial charge in [0.1, 0.15) is 4.21 Å². The molecule has 1 aliphatic rings. The highest BCUT2D eigenvalue weighted by molar-refractivity contribution is 7.91. The Morgan fingerprint density at radius 2 is 2.11 bits per heavy atom. The van der Waals surface area contributed by atoms with E-state index in [1.807, 2.05) is 12.3 Å². The third-order valence-corrected chi connectivity index (χ3v) is 6.42. The van der Waals surface area contributed by atoms with Gasteiger partial charge in [0.15, 0.2) is 0 Å². The van der Waals surface area contributed by atoms with Crippen molar-refractivity contribution in [3.8, 4) is 0 Å². The van der Waals surface area contributed by atoms with Crippen molar-refractivity contribution in [3.63, 3.8) is 0 Å². The maximum absolute atomic E-state index is 12.2. The Balaban J connectivity index is 1.92. The van der Waals surface area contributed by atoms with Crippen molar-refractivity contribution in [1.29, 1.82) is 0 Å². The van der Waals surface area contributed by atoms with Gasteiger partial charge in [0.2, 0.25) is 10.0 Å². The molecule has 19 heavy (non-hydrogen) atoms. The number of hydrogen-bond donors (Lipinski definition) is 2. The van der Waals surface area contributed by atoms with Crippen molar-refractivity contribution in [2.75, 3.05) is 13.1 Å². The summed E-state index contributed by atoms with van der Waals surface area (Å²) >= 11 is 1.30. The predicted molar refractivity (Wildman–Crippen MR) is 78.8 cm³/mol. The number of nitrogens with one attached hydrogen (secondary N) is 2. The normalized spacial score (nSPS) is 17.1. The van der Waals surface area contributed by atoms with Crippen molar-refractivity contribution in [3.05, 3.63) is 17.0 Å². The first-order valence-corrected chi connectivity index (χ1v) is 9.26. The van der Waals surface area contributed by atoms with Crippen LogP contribution in [-0.4, -0.2) is 21.5 Å². The van der Waals surface area contributed by atoms with Crippen LogP contribution in [0.3, 0.4) is 0 Å². The van der Waals surface area contributed by atoms with E-state index in [2.05, 4.69) is 10.0 Å². The van der Waals surface area contributed by atoms with Gasteiger partial charge in [-0.15, -0.1) is 11.3 Å². The number of thiophene rings is 1. The first-order valence-electron chi connectivity index (χ1n) is 6.89. The molecule has 0 radical (unpaired) electrons. The molecule has 0 bridgehead atoms. The predicted octanol–water partition coefficient (Wildman–Crippen LogP) is 2.33. The summed E-state index contributed by atoms with van der Waals surface area (Å²) in [4.78, 5) is 0. The van der Waals surface area contributed by atoms with Gasteiger partial charge in [0.25, 0.3) is 0 Å². The number of hydrogen-bond acceptors (Lipinski definition) is 4. The SMILES string of the molecule is CCNCc1csc(S(=O)(=O)NCC2CCCC2)c1. The lowest BCUT2D eigenvalue weighted by atomic mass is 10.1. The van der Waals surface area contributed by atoms with Crippen LogP contribution in [-0.2, 0) is 16.6 Å². The van der Waals surface area contributed by atoms with E-state index in [0.29, 0.717) is 16.7 Å². The van der Waals surface area contributed by atoms with Gasteiger partial charge in [0.05, 0.1) is 0 Å². The Labute approximate surface area is 119 Å². The molecule has 2 rings (SSSR count). The summed E-state index contributed by atoms with van der Waals surface area (Å²) in [5.41, 5.74) is 1.04. The summed E-state index contributed by atoms with van der Waals surface area (Å²) in [7, 11) is -3.31. The fourth-order valence-corrected chi connectivity index (χ4v) is 4.74. The molecule has 2 N–H and O–H groups in total. The third-order valence-electron chi connectivity index (χ3n) is 3.51. The molecular formula is C13H22N2O2S2. The molecule has 4 nitrogen and oxygen atoms in total. The van der Waals surface area contributed by atoms with Gasteiger partial charge < -0.3 is 5.32 Å². The van der Waals surface area contributed by atoms with E-state index < -0.39 is 10.0 Å². The standard InChI is InChI=1S/C13H22N2O2S2/c1-2-14-8-12-7-13(18-10-12)19(16,17)15-9-11-5-3-4-6-11/h7,10-11,14-15H,2-6,8-9H2,1H3. The molecule has 1 aliphatic carbocycles. The highest BCUT2D eigenvalue weighted by Crippen LogP contribution is 2.25. The molecule has 1 heterocycles. The molecule has 0 aromatic carbocycles. The van der Waals surface area contributed by atoms with Crippen molar-refractivity contribution in [2.24, 2.45) is 5.92 Å².